The lowest BCUT2D eigenvalue weighted by molar-refractivity contribution is -0.121. The van der Waals surface area contributed by atoms with Crippen molar-refractivity contribution in [3.63, 3.8) is 0 Å². The van der Waals surface area contributed by atoms with Gasteiger partial charge in [-0.3, -0.25) is 14.9 Å². The topological polar surface area (TPSA) is 124 Å². The van der Waals surface area contributed by atoms with Crippen molar-refractivity contribution in [3.8, 4) is 0 Å². The molecule has 3 aromatic rings. The van der Waals surface area contributed by atoms with Crippen LogP contribution < -0.4 is 16.1 Å². The van der Waals surface area contributed by atoms with Gasteiger partial charge in [-0.05, 0) is 48.7 Å². The van der Waals surface area contributed by atoms with Gasteiger partial charge in [0.25, 0.3) is 0 Å². The van der Waals surface area contributed by atoms with Gasteiger partial charge in [-0.1, -0.05) is 19.1 Å². The van der Waals surface area contributed by atoms with E-state index in [-0.39, 0.29) is 17.9 Å². The highest BCUT2D eigenvalue weighted by Gasteiger charge is 2.21. The van der Waals surface area contributed by atoms with Gasteiger partial charge >= 0.3 is 6.03 Å². The van der Waals surface area contributed by atoms with Crippen molar-refractivity contribution in [1.82, 2.24) is 15.6 Å². The van der Waals surface area contributed by atoms with E-state index in [1.54, 1.807) is 0 Å². The number of aliphatic imine (C=N–C) groups is 1. The number of nitrogens with zero attached hydrogens (tertiary/aromatic N) is 3. The van der Waals surface area contributed by atoms with E-state index in [4.69, 9.17) is 0 Å². The zero-order valence-electron chi connectivity index (χ0n) is 17.6. The van der Waals surface area contributed by atoms with Gasteiger partial charge in [0.05, 0.1) is 23.0 Å². The molecule has 1 unspecified atom stereocenters. The highest BCUT2D eigenvalue weighted by Crippen LogP contribution is 2.24. The number of carbonyl (C=O) groups excluding carboxylic acids is 2. The summed E-state index contributed by atoms with van der Waals surface area (Å²) < 4.78 is 0. The van der Waals surface area contributed by atoms with E-state index in [1.807, 2.05) is 55.6 Å². The monoisotopic (exact) mass is 429 g/mol. The summed E-state index contributed by atoms with van der Waals surface area (Å²) in [6.45, 7) is 1.97. The normalized spacial score (nSPS) is 18.5. The molecule has 1 atom stereocenters. The number of aromatic nitrogens is 2. The first-order valence-electron chi connectivity index (χ1n) is 10.6. The Morgan fingerprint density at radius 2 is 1.88 bits per heavy atom. The highest BCUT2D eigenvalue weighted by molar-refractivity contribution is 6.06. The quantitative estimate of drug-likeness (QED) is 0.463. The van der Waals surface area contributed by atoms with Crippen LogP contribution in [0.25, 0.3) is 10.9 Å². The average molecular weight is 429 g/mol. The largest absolute Gasteiger partial charge is 0.323 e. The Labute approximate surface area is 184 Å². The van der Waals surface area contributed by atoms with E-state index in [2.05, 4.69) is 36.4 Å². The summed E-state index contributed by atoms with van der Waals surface area (Å²) in [5.41, 5.74) is 7.19. The van der Waals surface area contributed by atoms with E-state index in [0.29, 0.717) is 23.8 Å². The summed E-state index contributed by atoms with van der Waals surface area (Å²) in [6, 6.07) is 13.1. The summed E-state index contributed by atoms with van der Waals surface area (Å²) in [5, 5.41) is 18.1. The molecular formula is C23H23N7O2. The molecule has 2 aliphatic rings. The number of hydrogen-bond acceptors (Lipinski definition) is 5. The molecule has 9 heteroatoms. The molecule has 1 aliphatic heterocycles. The van der Waals surface area contributed by atoms with Crippen LogP contribution in [-0.2, 0) is 4.79 Å². The van der Waals surface area contributed by atoms with Gasteiger partial charge in [0.1, 0.15) is 0 Å². The van der Waals surface area contributed by atoms with Gasteiger partial charge in [-0.2, -0.15) is 10.2 Å². The molecule has 3 amide bonds. The molecule has 0 spiro atoms. The maximum absolute atomic E-state index is 12.4. The average Bonchev–Trinajstić information content (AvgIpc) is 3.52. The molecule has 0 bridgehead atoms. The number of carbonyl (C=O) groups is 2. The van der Waals surface area contributed by atoms with Crippen molar-refractivity contribution in [3.05, 3.63) is 53.7 Å². The molecule has 9 nitrogen and oxygen atoms in total. The van der Waals surface area contributed by atoms with Crippen molar-refractivity contribution in [1.29, 1.82) is 0 Å². The summed E-state index contributed by atoms with van der Waals surface area (Å²) in [7, 11) is 0. The van der Waals surface area contributed by atoms with Crippen molar-refractivity contribution in [2.75, 3.05) is 10.6 Å². The maximum Gasteiger partial charge on any atom is 0.323 e. The summed E-state index contributed by atoms with van der Waals surface area (Å²) in [4.78, 5) is 28.3. The summed E-state index contributed by atoms with van der Waals surface area (Å²) >= 11 is 0. The zero-order chi connectivity index (χ0) is 22.1. The third kappa shape index (κ3) is 4.36. The number of anilines is 2. The van der Waals surface area contributed by atoms with Gasteiger partial charge in [0.15, 0.2) is 0 Å². The van der Waals surface area contributed by atoms with Crippen molar-refractivity contribution in [2.45, 2.75) is 32.2 Å². The smallest absolute Gasteiger partial charge is 0.308 e. The van der Waals surface area contributed by atoms with E-state index < -0.39 is 0 Å². The third-order valence-corrected chi connectivity index (χ3v) is 5.50. The van der Waals surface area contributed by atoms with Crippen LogP contribution in [0.1, 0.15) is 37.4 Å². The fourth-order valence-corrected chi connectivity index (χ4v) is 3.63. The number of aromatic amines is 1. The molecule has 0 saturated heterocycles. The predicted octanol–water partition coefficient (Wildman–Crippen LogP) is 3.65. The number of urea groups is 1. The second kappa shape index (κ2) is 8.26. The number of fused-ring (bicyclic) bond motifs is 1. The zero-order valence-corrected chi connectivity index (χ0v) is 17.6. The van der Waals surface area contributed by atoms with E-state index >= 15 is 0 Å². The van der Waals surface area contributed by atoms with Gasteiger partial charge in [-0.25, -0.2) is 10.2 Å². The fraction of sp³-hybridized carbons (Fsp3) is 0.261. The fourth-order valence-electron chi connectivity index (χ4n) is 3.63. The standard InChI is InChI=1S/C23H23N7O2/c1-13-10-21(31)29-30-22(13)14-2-4-16(5-3-14)25-23(32)26-17-8-9-18-19(11-17)27-28-20(18)12-24-15-6-7-15/h2-5,8-9,11-13,15H,6-7,10H2,1H3,(H,27,28)(H,29,31)(H2,25,26,32). The Bertz CT molecular complexity index is 1240. The minimum Gasteiger partial charge on any atom is -0.308 e. The third-order valence-electron chi connectivity index (χ3n) is 5.50. The molecule has 5 rings (SSSR count). The van der Waals surface area contributed by atoms with Gasteiger partial charge in [-0.15, -0.1) is 0 Å². The molecule has 1 fully saturated rings. The number of hydrogen-bond donors (Lipinski definition) is 4. The molecule has 32 heavy (non-hydrogen) atoms. The number of hydrazone groups is 1. The number of nitrogens with one attached hydrogen (secondary N) is 4. The Morgan fingerprint density at radius 1 is 1.12 bits per heavy atom. The SMILES string of the molecule is CC1CC(=O)NN=C1c1ccc(NC(=O)Nc2ccc3c(C=NC4CC4)[nH]nc3c2)cc1. The molecule has 1 aliphatic carbocycles. The predicted molar refractivity (Wildman–Crippen MR) is 124 cm³/mol. The van der Waals surface area contributed by atoms with Crippen LogP contribution >= 0.6 is 0 Å². The molecule has 4 N–H and O–H groups in total. The first-order valence-corrected chi connectivity index (χ1v) is 10.6. The van der Waals surface area contributed by atoms with Crippen molar-refractivity contribution in [2.24, 2.45) is 16.0 Å². The number of amides is 3. The molecule has 162 valence electrons. The lowest BCUT2D eigenvalue weighted by atomic mass is 9.94. The van der Waals surface area contributed by atoms with Crippen molar-refractivity contribution < 1.29 is 9.59 Å². The number of rotatable bonds is 5. The molecule has 1 aromatic heterocycles. The van der Waals surface area contributed by atoms with E-state index in [9.17, 15) is 9.59 Å². The molecule has 2 heterocycles. The number of benzene rings is 2. The molecular weight excluding hydrogens is 406 g/mol. The van der Waals surface area contributed by atoms with Gasteiger partial charge in [0, 0.05) is 35.3 Å². The lowest BCUT2D eigenvalue weighted by Gasteiger charge is -2.19. The van der Waals surface area contributed by atoms with Crippen LogP contribution in [-0.4, -0.2) is 40.1 Å². The Kier molecular flexibility index (Phi) is 5.14. The van der Waals surface area contributed by atoms with E-state index in [0.717, 1.165) is 40.7 Å². The Morgan fingerprint density at radius 3 is 2.62 bits per heavy atom. The Hall–Kier alpha value is -4.01. The minimum absolute atomic E-state index is 0.0447. The summed E-state index contributed by atoms with van der Waals surface area (Å²) in [5.74, 6) is -0.0323. The minimum atomic E-state index is -0.348. The van der Waals surface area contributed by atoms with Crippen LogP contribution in [0.2, 0.25) is 0 Å². The highest BCUT2D eigenvalue weighted by atomic mass is 16.2. The van der Waals surface area contributed by atoms with Crippen LogP contribution in [0.5, 0.6) is 0 Å². The molecule has 2 aromatic carbocycles. The first-order chi connectivity index (χ1) is 15.5. The molecule has 1 saturated carbocycles. The number of H-pyrrole nitrogens is 1. The van der Waals surface area contributed by atoms with E-state index in [1.165, 1.54) is 0 Å². The second-order valence-electron chi connectivity index (χ2n) is 8.17. The van der Waals surface area contributed by atoms with Crippen molar-refractivity contribution >= 4 is 46.1 Å². The first kappa shape index (κ1) is 19.9. The Balaban J connectivity index is 1.22. The lowest BCUT2D eigenvalue weighted by Crippen LogP contribution is -2.31. The maximum atomic E-state index is 12.4. The van der Waals surface area contributed by atoms with Crippen LogP contribution in [0, 0.1) is 5.92 Å². The van der Waals surface area contributed by atoms with Crippen LogP contribution in [0.3, 0.4) is 0 Å². The summed E-state index contributed by atoms with van der Waals surface area (Å²) in [6.07, 6.45) is 4.56. The van der Waals surface area contributed by atoms with Gasteiger partial charge in [0.2, 0.25) is 5.91 Å². The second-order valence-corrected chi connectivity index (χ2v) is 8.17. The van der Waals surface area contributed by atoms with Crippen LogP contribution in [0.4, 0.5) is 16.2 Å². The molecule has 0 radical (unpaired) electrons. The van der Waals surface area contributed by atoms with Crippen LogP contribution in [0.15, 0.2) is 52.6 Å². The van der Waals surface area contributed by atoms with Gasteiger partial charge < -0.3 is 10.6 Å².